The lowest BCUT2D eigenvalue weighted by molar-refractivity contribution is -0.122. The van der Waals surface area contributed by atoms with Gasteiger partial charge in [-0.15, -0.1) is 0 Å². The molecule has 7 heteroatoms. The molecule has 2 aromatic carbocycles. The Morgan fingerprint density at radius 2 is 1.69 bits per heavy atom. The molecule has 1 fully saturated rings. The summed E-state index contributed by atoms with van der Waals surface area (Å²) in [5.41, 5.74) is 7.85. The highest BCUT2D eigenvalue weighted by Crippen LogP contribution is 2.35. The first-order valence-corrected chi connectivity index (χ1v) is 9.82. The minimum Gasteiger partial charge on any atom is -0.392 e. The van der Waals surface area contributed by atoms with Crippen LogP contribution in [0.15, 0.2) is 53.4 Å². The predicted octanol–water partition coefficient (Wildman–Crippen LogP) is 1.65. The van der Waals surface area contributed by atoms with E-state index in [1.165, 1.54) is 12.1 Å². The zero-order chi connectivity index (χ0) is 18.8. The van der Waals surface area contributed by atoms with Gasteiger partial charge in [0.2, 0.25) is 5.91 Å². The summed E-state index contributed by atoms with van der Waals surface area (Å²) >= 11 is 0. The van der Waals surface area contributed by atoms with Crippen LogP contribution in [-0.4, -0.2) is 37.4 Å². The standard InChI is InChI=1S/C19H21NO5S/c20-18(22)19(9-11-25-12-10-19)26(23,24)16-7-5-14(6-8-16)17-4-2-1-3-15(17)13-21/h1-8,21H,9-13H2,(H2,20,22). The molecule has 0 spiro atoms. The number of ether oxygens (including phenoxy) is 1. The Bertz CT molecular complexity index is 900. The smallest absolute Gasteiger partial charge is 0.239 e. The minimum atomic E-state index is -3.94. The van der Waals surface area contributed by atoms with Crippen LogP contribution in [0.5, 0.6) is 0 Å². The van der Waals surface area contributed by atoms with E-state index in [2.05, 4.69) is 0 Å². The fourth-order valence-electron chi connectivity index (χ4n) is 3.33. The first kappa shape index (κ1) is 18.6. The number of amides is 1. The Hall–Kier alpha value is -2.22. The Kier molecular flexibility index (Phi) is 5.13. The van der Waals surface area contributed by atoms with E-state index in [4.69, 9.17) is 10.5 Å². The summed E-state index contributed by atoms with van der Waals surface area (Å²) in [5.74, 6) is -0.837. The van der Waals surface area contributed by atoms with Gasteiger partial charge in [0.15, 0.2) is 14.6 Å². The van der Waals surface area contributed by atoms with Crippen LogP contribution >= 0.6 is 0 Å². The van der Waals surface area contributed by atoms with E-state index in [-0.39, 0.29) is 37.6 Å². The topological polar surface area (TPSA) is 107 Å². The van der Waals surface area contributed by atoms with Crippen LogP contribution in [0, 0.1) is 0 Å². The van der Waals surface area contributed by atoms with E-state index in [1.807, 2.05) is 24.3 Å². The molecular formula is C19H21NO5S. The zero-order valence-corrected chi connectivity index (χ0v) is 15.0. The molecular weight excluding hydrogens is 354 g/mol. The van der Waals surface area contributed by atoms with E-state index in [9.17, 15) is 18.3 Å². The molecule has 0 aromatic heterocycles. The third kappa shape index (κ3) is 3.02. The second-order valence-electron chi connectivity index (χ2n) is 6.31. The van der Waals surface area contributed by atoms with E-state index >= 15 is 0 Å². The summed E-state index contributed by atoms with van der Waals surface area (Å²) in [4.78, 5) is 12.1. The molecule has 0 bridgehead atoms. The summed E-state index contributed by atoms with van der Waals surface area (Å²) in [5, 5.41) is 9.47. The van der Waals surface area contributed by atoms with Gasteiger partial charge in [-0.2, -0.15) is 0 Å². The molecule has 0 aliphatic carbocycles. The van der Waals surface area contributed by atoms with Crippen molar-refractivity contribution in [2.24, 2.45) is 5.73 Å². The number of carbonyl (C=O) groups is 1. The van der Waals surface area contributed by atoms with Gasteiger partial charge in [-0.1, -0.05) is 36.4 Å². The van der Waals surface area contributed by atoms with Crippen LogP contribution in [-0.2, 0) is 26.0 Å². The summed E-state index contributed by atoms with van der Waals surface area (Å²) in [6, 6.07) is 13.7. The first-order chi connectivity index (χ1) is 12.4. The van der Waals surface area contributed by atoms with E-state index in [0.29, 0.717) is 0 Å². The molecule has 1 saturated heterocycles. The molecule has 1 amide bonds. The van der Waals surface area contributed by atoms with Crippen molar-refractivity contribution in [1.82, 2.24) is 0 Å². The van der Waals surface area contributed by atoms with Gasteiger partial charge in [0.1, 0.15) is 0 Å². The van der Waals surface area contributed by atoms with Crippen molar-refractivity contribution in [3.63, 3.8) is 0 Å². The molecule has 0 unspecified atom stereocenters. The summed E-state index contributed by atoms with van der Waals surface area (Å²) in [6.45, 7) is 0.259. The van der Waals surface area contributed by atoms with Crippen LogP contribution in [0.2, 0.25) is 0 Å². The first-order valence-electron chi connectivity index (χ1n) is 8.34. The number of sulfone groups is 1. The highest BCUT2D eigenvalue weighted by atomic mass is 32.2. The van der Waals surface area contributed by atoms with Crippen LogP contribution < -0.4 is 5.73 Å². The molecule has 0 atom stereocenters. The average molecular weight is 375 g/mol. The van der Waals surface area contributed by atoms with Gasteiger partial charge in [0, 0.05) is 13.2 Å². The van der Waals surface area contributed by atoms with Gasteiger partial charge < -0.3 is 15.6 Å². The van der Waals surface area contributed by atoms with Gasteiger partial charge in [-0.05, 0) is 41.7 Å². The molecule has 2 aromatic rings. The lowest BCUT2D eigenvalue weighted by Crippen LogP contribution is -2.53. The Balaban J connectivity index is 2.01. The van der Waals surface area contributed by atoms with Gasteiger partial charge in [-0.25, -0.2) is 8.42 Å². The van der Waals surface area contributed by atoms with E-state index < -0.39 is 20.5 Å². The second kappa shape index (κ2) is 7.19. The minimum absolute atomic E-state index is 0.0553. The van der Waals surface area contributed by atoms with Gasteiger partial charge in [0.05, 0.1) is 11.5 Å². The number of aliphatic hydroxyl groups excluding tert-OH is 1. The van der Waals surface area contributed by atoms with Crippen molar-refractivity contribution in [1.29, 1.82) is 0 Å². The summed E-state index contributed by atoms with van der Waals surface area (Å²) in [7, 11) is -3.94. The maximum absolute atomic E-state index is 13.1. The lowest BCUT2D eigenvalue weighted by atomic mass is 9.98. The fraction of sp³-hybridized carbons (Fsp3) is 0.316. The number of nitrogens with two attached hydrogens (primary N) is 1. The van der Waals surface area contributed by atoms with Gasteiger partial charge in [0.25, 0.3) is 0 Å². The number of aliphatic hydroxyl groups is 1. The number of hydrogen-bond acceptors (Lipinski definition) is 5. The van der Waals surface area contributed by atoms with E-state index in [0.717, 1.165) is 16.7 Å². The normalized spacial score (nSPS) is 17.0. The van der Waals surface area contributed by atoms with Crippen molar-refractivity contribution in [3.8, 4) is 11.1 Å². The van der Waals surface area contributed by atoms with Crippen molar-refractivity contribution in [2.75, 3.05) is 13.2 Å². The number of carbonyl (C=O) groups excluding carboxylic acids is 1. The molecule has 6 nitrogen and oxygen atoms in total. The molecule has 1 aliphatic rings. The lowest BCUT2D eigenvalue weighted by Gasteiger charge is -2.33. The molecule has 26 heavy (non-hydrogen) atoms. The molecule has 1 heterocycles. The quantitative estimate of drug-likeness (QED) is 0.826. The highest BCUT2D eigenvalue weighted by molar-refractivity contribution is 7.93. The predicted molar refractivity (Wildman–Crippen MR) is 97.0 cm³/mol. The van der Waals surface area contributed by atoms with Crippen LogP contribution in [0.4, 0.5) is 0 Å². The highest BCUT2D eigenvalue weighted by Gasteiger charge is 2.51. The third-order valence-corrected chi connectivity index (χ3v) is 7.46. The number of benzene rings is 2. The molecule has 0 saturated carbocycles. The molecule has 3 N–H and O–H groups in total. The van der Waals surface area contributed by atoms with Crippen molar-refractivity contribution < 1.29 is 23.1 Å². The van der Waals surface area contributed by atoms with Gasteiger partial charge in [-0.3, -0.25) is 4.79 Å². The van der Waals surface area contributed by atoms with Crippen molar-refractivity contribution in [3.05, 3.63) is 54.1 Å². The largest absolute Gasteiger partial charge is 0.392 e. The van der Waals surface area contributed by atoms with Crippen LogP contribution in [0.3, 0.4) is 0 Å². The zero-order valence-electron chi connectivity index (χ0n) is 14.2. The van der Waals surface area contributed by atoms with Crippen LogP contribution in [0.1, 0.15) is 18.4 Å². The van der Waals surface area contributed by atoms with E-state index in [1.54, 1.807) is 12.1 Å². The number of hydrogen-bond donors (Lipinski definition) is 2. The maximum Gasteiger partial charge on any atom is 0.239 e. The average Bonchev–Trinajstić information content (AvgIpc) is 2.68. The van der Waals surface area contributed by atoms with Gasteiger partial charge >= 0.3 is 0 Å². The molecule has 1 aliphatic heterocycles. The Morgan fingerprint density at radius 3 is 2.27 bits per heavy atom. The number of primary amides is 1. The molecule has 0 radical (unpaired) electrons. The molecule has 3 rings (SSSR count). The number of rotatable bonds is 5. The van der Waals surface area contributed by atoms with Crippen molar-refractivity contribution in [2.45, 2.75) is 29.1 Å². The Labute approximate surface area is 152 Å². The maximum atomic E-state index is 13.1. The van der Waals surface area contributed by atoms with Crippen LogP contribution in [0.25, 0.3) is 11.1 Å². The third-order valence-electron chi connectivity index (χ3n) is 4.93. The summed E-state index contributed by atoms with van der Waals surface area (Å²) < 4.78 is 29.8. The fourth-order valence-corrected chi connectivity index (χ4v) is 5.24. The Morgan fingerprint density at radius 1 is 1.08 bits per heavy atom. The second-order valence-corrected chi connectivity index (χ2v) is 8.57. The monoisotopic (exact) mass is 375 g/mol. The SMILES string of the molecule is NC(=O)C1(S(=O)(=O)c2ccc(-c3ccccc3CO)cc2)CCOCC1. The van der Waals surface area contributed by atoms with Crippen molar-refractivity contribution >= 4 is 15.7 Å². The summed E-state index contributed by atoms with van der Waals surface area (Å²) in [6.07, 6.45) is 0.111. The molecule has 138 valence electrons.